The van der Waals surface area contributed by atoms with Crippen LogP contribution in [0.2, 0.25) is 0 Å². The van der Waals surface area contributed by atoms with Crippen LogP contribution in [0.1, 0.15) is 19.3 Å². The summed E-state index contributed by atoms with van der Waals surface area (Å²) in [4.78, 5) is 3.52. The molecule has 0 aromatic carbocycles. The van der Waals surface area contributed by atoms with Gasteiger partial charge in [-0.15, -0.1) is 0 Å². The fraction of sp³-hybridized carbons (Fsp3) is 0.889. The highest BCUT2D eigenvalue weighted by atomic mass is 16.6. The lowest BCUT2D eigenvalue weighted by Crippen LogP contribution is -2.13. The monoisotopic (exact) mass is 167 g/mol. The molecule has 3 heteroatoms. The number of epoxide rings is 1. The summed E-state index contributed by atoms with van der Waals surface area (Å²) in [6.07, 6.45) is 3.68. The van der Waals surface area contributed by atoms with Gasteiger partial charge in [0.05, 0.1) is 19.3 Å². The zero-order valence-corrected chi connectivity index (χ0v) is 7.03. The van der Waals surface area contributed by atoms with Gasteiger partial charge >= 0.3 is 0 Å². The van der Waals surface area contributed by atoms with Gasteiger partial charge in [-0.3, -0.25) is 0 Å². The molecule has 0 spiro atoms. The molecular formula is C9H13NO2. The number of ether oxygens (including phenoxy) is 2. The summed E-state index contributed by atoms with van der Waals surface area (Å²) in [6, 6.07) is 0.218. The minimum absolute atomic E-state index is 0.218. The quantitative estimate of drug-likeness (QED) is 0.467. The molecule has 0 N–H and O–H groups in total. The van der Waals surface area contributed by atoms with Crippen molar-refractivity contribution in [2.24, 2.45) is 0 Å². The summed E-state index contributed by atoms with van der Waals surface area (Å²) in [7, 11) is 0. The van der Waals surface area contributed by atoms with Crippen LogP contribution < -0.4 is 0 Å². The third-order valence-corrected chi connectivity index (χ3v) is 2.46. The van der Waals surface area contributed by atoms with Gasteiger partial charge in [-0.2, -0.15) is 0 Å². The van der Waals surface area contributed by atoms with Crippen molar-refractivity contribution in [3.63, 3.8) is 0 Å². The predicted octanol–water partition coefficient (Wildman–Crippen LogP) is 1.24. The molecule has 1 aliphatic heterocycles. The van der Waals surface area contributed by atoms with E-state index in [-0.39, 0.29) is 6.04 Å². The standard InChI is InChI=1S/C9H13NO2/c1-10-7-2-3-8(4-7)11-5-9-6-12-9/h7-9H,2-6H2. The van der Waals surface area contributed by atoms with E-state index in [4.69, 9.17) is 16.0 Å². The van der Waals surface area contributed by atoms with E-state index < -0.39 is 0 Å². The van der Waals surface area contributed by atoms with Gasteiger partial charge in [0, 0.05) is 12.8 Å². The molecule has 0 amide bonds. The molecule has 0 radical (unpaired) electrons. The number of rotatable bonds is 3. The second kappa shape index (κ2) is 3.42. The van der Waals surface area contributed by atoms with Crippen molar-refractivity contribution < 1.29 is 9.47 Å². The van der Waals surface area contributed by atoms with Crippen molar-refractivity contribution in [3.8, 4) is 0 Å². The Bertz CT molecular complexity index is 195. The third kappa shape index (κ3) is 1.96. The Morgan fingerprint density at radius 3 is 2.92 bits per heavy atom. The van der Waals surface area contributed by atoms with Gasteiger partial charge in [0.2, 0.25) is 6.04 Å². The maximum atomic E-state index is 6.86. The largest absolute Gasteiger partial charge is 0.375 e. The van der Waals surface area contributed by atoms with Gasteiger partial charge < -0.3 is 14.3 Å². The molecule has 0 aromatic heterocycles. The Balaban J connectivity index is 1.65. The Labute approximate surface area is 72.5 Å². The van der Waals surface area contributed by atoms with Crippen LogP contribution in [0.25, 0.3) is 4.85 Å². The van der Waals surface area contributed by atoms with E-state index in [0.717, 1.165) is 32.5 Å². The molecule has 3 atom stereocenters. The zero-order valence-electron chi connectivity index (χ0n) is 7.03. The fourth-order valence-electron chi connectivity index (χ4n) is 1.59. The van der Waals surface area contributed by atoms with E-state index in [2.05, 4.69) is 4.85 Å². The Morgan fingerprint density at radius 1 is 1.50 bits per heavy atom. The summed E-state index contributed by atoms with van der Waals surface area (Å²) in [5.74, 6) is 0. The fourth-order valence-corrected chi connectivity index (χ4v) is 1.59. The first kappa shape index (κ1) is 8.03. The molecule has 3 nitrogen and oxygen atoms in total. The highest BCUT2D eigenvalue weighted by Crippen LogP contribution is 2.25. The molecule has 2 rings (SSSR count). The average Bonchev–Trinajstić information content (AvgIpc) is 2.81. The summed E-state index contributed by atoms with van der Waals surface area (Å²) >= 11 is 0. The van der Waals surface area contributed by atoms with Crippen molar-refractivity contribution in [2.75, 3.05) is 13.2 Å². The molecule has 12 heavy (non-hydrogen) atoms. The molecule has 3 unspecified atom stereocenters. The van der Waals surface area contributed by atoms with E-state index in [1.165, 1.54) is 0 Å². The van der Waals surface area contributed by atoms with Crippen molar-refractivity contribution in [1.29, 1.82) is 0 Å². The van der Waals surface area contributed by atoms with Crippen LogP contribution in [0.4, 0.5) is 0 Å². The van der Waals surface area contributed by atoms with Gasteiger partial charge in [-0.25, -0.2) is 6.57 Å². The van der Waals surface area contributed by atoms with Gasteiger partial charge in [0.1, 0.15) is 6.10 Å². The Morgan fingerprint density at radius 2 is 2.33 bits per heavy atom. The van der Waals surface area contributed by atoms with E-state index in [9.17, 15) is 0 Å². The van der Waals surface area contributed by atoms with E-state index in [1.54, 1.807) is 0 Å². The molecule has 0 aromatic rings. The predicted molar refractivity (Wildman–Crippen MR) is 43.7 cm³/mol. The lowest BCUT2D eigenvalue weighted by Gasteiger charge is -2.07. The zero-order chi connectivity index (χ0) is 8.39. The summed E-state index contributed by atoms with van der Waals surface area (Å²) in [5, 5.41) is 0. The van der Waals surface area contributed by atoms with Crippen molar-refractivity contribution in [3.05, 3.63) is 11.4 Å². The smallest absolute Gasteiger partial charge is 0.226 e. The summed E-state index contributed by atoms with van der Waals surface area (Å²) in [5.41, 5.74) is 0. The number of hydrogen-bond donors (Lipinski definition) is 0. The van der Waals surface area contributed by atoms with Crippen LogP contribution >= 0.6 is 0 Å². The minimum Gasteiger partial charge on any atom is -0.375 e. The molecular weight excluding hydrogens is 154 g/mol. The second-order valence-corrected chi connectivity index (χ2v) is 3.51. The van der Waals surface area contributed by atoms with Crippen molar-refractivity contribution >= 4 is 0 Å². The maximum Gasteiger partial charge on any atom is 0.226 e. The average molecular weight is 167 g/mol. The second-order valence-electron chi connectivity index (χ2n) is 3.51. The van der Waals surface area contributed by atoms with Gasteiger partial charge in [0.15, 0.2) is 0 Å². The highest BCUT2D eigenvalue weighted by Gasteiger charge is 2.31. The van der Waals surface area contributed by atoms with Gasteiger partial charge in [0.25, 0.3) is 0 Å². The van der Waals surface area contributed by atoms with Crippen LogP contribution in [-0.2, 0) is 9.47 Å². The highest BCUT2D eigenvalue weighted by molar-refractivity contribution is 4.89. The SMILES string of the molecule is [C-]#[N+]C1CCC(OCC2CO2)C1. The molecule has 0 bridgehead atoms. The van der Waals surface area contributed by atoms with E-state index >= 15 is 0 Å². The first-order valence-electron chi connectivity index (χ1n) is 4.48. The molecule has 1 aliphatic carbocycles. The van der Waals surface area contributed by atoms with Crippen LogP contribution in [0, 0.1) is 6.57 Å². The molecule has 2 fully saturated rings. The van der Waals surface area contributed by atoms with Crippen LogP contribution in [-0.4, -0.2) is 31.5 Å². The lowest BCUT2D eigenvalue weighted by molar-refractivity contribution is 0.0472. The first-order chi connectivity index (χ1) is 5.88. The van der Waals surface area contributed by atoms with Crippen LogP contribution in [0.5, 0.6) is 0 Å². The Hall–Kier alpha value is -0.590. The maximum absolute atomic E-state index is 6.86. The summed E-state index contributed by atoms with van der Waals surface area (Å²) < 4.78 is 10.6. The number of nitrogens with zero attached hydrogens (tertiary/aromatic N) is 1. The molecule has 1 heterocycles. The van der Waals surface area contributed by atoms with Gasteiger partial charge in [-0.1, -0.05) is 0 Å². The molecule has 1 saturated carbocycles. The molecule has 1 saturated heterocycles. The summed E-state index contributed by atoms with van der Waals surface area (Å²) in [6.45, 7) is 8.46. The topological polar surface area (TPSA) is 26.1 Å². The van der Waals surface area contributed by atoms with E-state index in [0.29, 0.717) is 12.2 Å². The minimum atomic E-state index is 0.218. The molecule has 2 aliphatic rings. The van der Waals surface area contributed by atoms with Crippen LogP contribution in [0.3, 0.4) is 0 Å². The van der Waals surface area contributed by atoms with Crippen LogP contribution in [0.15, 0.2) is 0 Å². The molecule has 66 valence electrons. The van der Waals surface area contributed by atoms with E-state index in [1.807, 2.05) is 0 Å². The Kier molecular flexibility index (Phi) is 2.29. The number of hydrogen-bond acceptors (Lipinski definition) is 2. The van der Waals surface area contributed by atoms with Crippen molar-refractivity contribution in [1.82, 2.24) is 0 Å². The lowest BCUT2D eigenvalue weighted by atomic mass is 10.3. The van der Waals surface area contributed by atoms with Crippen molar-refractivity contribution in [2.45, 2.75) is 37.5 Å². The normalized spacial score (nSPS) is 39.4. The third-order valence-electron chi connectivity index (χ3n) is 2.46. The first-order valence-corrected chi connectivity index (χ1v) is 4.48. The van der Waals surface area contributed by atoms with Gasteiger partial charge in [-0.05, 0) is 6.42 Å².